The van der Waals surface area contributed by atoms with Gasteiger partial charge in [0.2, 0.25) is 5.91 Å². The van der Waals surface area contributed by atoms with Crippen LogP contribution in [0.2, 0.25) is 5.02 Å². The maximum absolute atomic E-state index is 11.2. The van der Waals surface area contributed by atoms with E-state index in [0.717, 1.165) is 39.3 Å². The molecule has 0 saturated carbocycles. The summed E-state index contributed by atoms with van der Waals surface area (Å²) in [5, 5.41) is 0.656. The number of primary amides is 1. The molecular weight excluding hydrogens is 374 g/mol. The first-order valence-corrected chi connectivity index (χ1v) is 9.45. The van der Waals surface area contributed by atoms with Crippen LogP contribution in [0.4, 0.5) is 0 Å². The van der Waals surface area contributed by atoms with Crippen molar-refractivity contribution in [2.24, 2.45) is 5.73 Å². The lowest BCUT2D eigenvalue weighted by Crippen LogP contribution is -2.17. The highest BCUT2D eigenvalue weighted by molar-refractivity contribution is 6.30. The molecule has 3 aromatic rings. The van der Waals surface area contributed by atoms with Crippen LogP contribution >= 0.6 is 11.6 Å². The van der Waals surface area contributed by atoms with Gasteiger partial charge in [-0.1, -0.05) is 48.0 Å². The lowest BCUT2D eigenvalue weighted by molar-refractivity contribution is -0.117. The summed E-state index contributed by atoms with van der Waals surface area (Å²) in [6.07, 6.45) is 0.590. The number of halogens is 1. The Kier molecular flexibility index (Phi) is 4.97. The summed E-state index contributed by atoms with van der Waals surface area (Å²) in [7, 11) is 1.65. The van der Waals surface area contributed by atoms with Gasteiger partial charge in [-0.3, -0.25) is 4.79 Å². The largest absolute Gasteiger partial charge is 0.496 e. The third kappa shape index (κ3) is 3.43. The number of hydrogen-bond donors (Lipinski definition) is 1. The molecule has 0 bridgehead atoms. The Morgan fingerprint density at radius 2 is 1.96 bits per heavy atom. The van der Waals surface area contributed by atoms with Crippen molar-refractivity contribution in [2.45, 2.75) is 18.9 Å². The molecule has 4 nitrogen and oxygen atoms in total. The van der Waals surface area contributed by atoms with E-state index in [1.165, 1.54) is 0 Å². The highest BCUT2D eigenvalue weighted by atomic mass is 35.5. The fourth-order valence-corrected chi connectivity index (χ4v) is 3.83. The maximum atomic E-state index is 11.2. The molecule has 0 radical (unpaired) electrons. The van der Waals surface area contributed by atoms with E-state index in [2.05, 4.69) is 12.1 Å². The second-order valence-corrected chi connectivity index (χ2v) is 7.21. The fraction of sp³-hybridized carbons (Fsp3) is 0.174. The van der Waals surface area contributed by atoms with E-state index in [-0.39, 0.29) is 12.0 Å². The van der Waals surface area contributed by atoms with Crippen LogP contribution < -0.4 is 15.2 Å². The molecule has 0 spiro atoms. The molecule has 0 fully saturated rings. The minimum absolute atomic E-state index is 0.304. The van der Waals surface area contributed by atoms with E-state index in [0.29, 0.717) is 17.9 Å². The number of ether oxygens (including phenoxy) is 2. The molecule has 142 valence electrons. The first kappa shape index (κ1) is 18.4. The molecule has 0 saturated heterocycles. The summed E-state index contributed by atoms with van der Waals surface area (Å²) in [4.78, 5) is 11.2. The van der Waals surface area contributed by atoms with Gasteiger partial charge in [0.15, 0.2) is 0 Å². The smallest absolute Gasteiger partial charge is 0.217 e. The lowest BCUT2D eigenvalue weighted by atomic mass is 9.87. The molecule has 2 N–H and O–H groups in total. The van der Waals surface area contributed by atoms with E-state index < -0.39 is 0 Å². The zero-order valence-electron chi connectivity index (χ0n) is 15.4. The standard InChI is InChI=1S/C23H20ClNO3/c1-27-19-6-3-7-20-22(19)17-10-8-14(9-11-21(25)26)12-18(17)23(28-20)15-4-2-5-16(24)13-15/h2-8,10,12-13,23H,9,11H2,1H3,(H2,25,26). The second-order valence-electron chi connectivity index (χ2n) is 6.77. The number of methoxy groups -OCH3 is 1. The van der Waals surface area contributed by atoms with E-state index >= 15 is 0 Å². The van der Waals surface area contributed by atoms with Crippen molar-refractivity contribution in [2.75, 3.05) is 7.11 Å². The molecule has 1 atom stereocenters. The molecule has 28 heavy (non-hydrogen) atoms. The van der Waals surface area contributed by atoms with Gasteiger partial charge in [-0.25, -0.2) is 0 Å². The van der Waals surface area contributed by atoms with E-state index in [9.17, 15) is 4.79 Å². The minimum atomic E-state index is -0.313. The summed E-state index contributed by atoms with van der Waals surface area (Å²) in [5.41, 5.74) is 10.3. The van der Waals surface area contributed by atoms with Crippen LogP contribution in [0.15, 0.2) is 60.7 Å². The van der Waals surface area contributed by atoms with Crippen LogP contribution in [-0.2, 0) is 11.2 Å². The van der Waals surface area contributed by atoms with E-state index in [1.807, 2.05) is 48.5 Å². The molecule has 5 heteroatoms. The van der Waals surface area contributed by atoms with Crippen molar-refractivity contribution in [3.63, 3.8) is 0 Å². The van der Waals surface area contributed by atoms with Gasteiger partial charge in [-0.15, -0.1) is 0 Å². The van der Waals surface area contributed by atoms with Crippen LogP contribution in [0, 0.1) is 0 Å². The van der Waals surface area contributed by atoms with Crippen molar-refractivity contribution in [3.8, 4) is 22.6 Å². The van der Waals surface area contributed by atoms with Crippen LogP contribution in [0.5, 0.6) is 11.5 Å². The number of rotatable bonds is 5. The molecule has 1 unspecified atom stereocenters. The average molecular weight is 394 g/mol. The summed E-state index contributed by atoms with van der Waals surface area (Å²) in [5.74, 6) is 1.21. The zero-order chi connectivity index (χ0) is 19.7. The maximum Gasteiger partial charge on any atom is 0.217 e. The molecule has 1 amide bonds. The van der Waals surface area contributed by atoms with Gasteiger partial charge in [0.25, 0.3) is 0 Å². The number of nitrogens with two attached hydrogens (primary N) is 1. The Labute approximate surface area is 168 Å². The van der Waals surface area contributed by atoms with Gasteiger partial charge < -0.3 is 15.2 Å². The van der Waals surface area contributed by atoms with Gasteiger partial charge in [0.1, 0.15) is 17.6 Å². The van der Waals surface area contributed by atoms with Crippen molar-refractivity contribution < 1.29 is 14.3 Å². The number of hydrogen-bond acceptors (Lipinski definition) is 3. The van der Waals surface area contributed by atoms with Crippen molar-refractivity contribution in [3.05, 3.63) is 82.4 Å². The molecule has 1 heterocycles. The first-order valence-electron chi connectivity index (χ1n) is 9.07. The van der Waals surface area contributed by atoms with Crippen LogP contribution in [-0.4, -0.2) is 13.0 Å². The van der Waals surface area contributed by atoms with E-state index in [4.69, 9.17) is 26.8 Å². The average Bonchev–Trinajstić information content (AvgIpc) is 2.70. The molecular formula is C23H20ClNO3. The van der Waals surface area contributed by atoms with Crippen LogP contribution in [0.1, 0.15) is 29.2 Å². The predicted molar refractivity (Wildman–Crippen MR) is 110 cm³/mol. The molecule has 3 aromatic carbocycles. The van der Waals surface area contributed by atoms with Crippen molar-refractivity contribution in [1.82, 2.24) is 0 Å². The molecule has 0 aliphatic carbocycles. The summed E-state index contributed by atoms with van der Waals surface area (Å²) in [6, 6.07) is 19.6. The molecule has 1 aliphatic heterocycles. The molecule has 4 rings (SSSR count). The number of carbonyl (C=O) groups excluding carboxylic acids is 1. The van der Waals surface area contributed by atoms with Gasteiger partial charge in [-0.05, 0) is 47.4 Å². The topological polar surface area (TPSA) is 61.5 Å². The van der Waals surface area contributed by atoms with E-state index in [1.54, 1.807) is 7.11 Å². The Hall–Kier alpha value is -2.98. The normalized spacial score (nSPS) is 14.6. The minimum Gasteiger partial charge on any atom is -0.496 e. The predicted octanol–water partition coefficient (Wildman–Crippen LogP) is 4.92. The van der Waals surface area contributed by atoms with Gasteiger partial charge >= 0.3 is 0 Å². The monoisotopic (exact) mass is 393 g/mol. The number of benzene rings is 3. The zero-order valence-corrected chi connectivity index (χ0v) is 16.2. The van der Waals surface area contributed by atoms with Crippen LogP contribution in [0.25, 0.3) is 11.1 Å². The summed E-state index contributed by atoms with van der Waals surface area (Å²) < 4.78 is 12.0. The third-order valence-corrected chi connectivity index (χ3v) is 5.17. The van der Waals surface area contributed by atoms with Crippen molar-refractivity contribution >= 4 is 17.5 Å². The third-order valence-electron chi connectivity index (χ3n) is 4.93. The molecule has 1 aliphatic rings. The Bertz CT molecular complexity index is 1050. The Morgan fingerprint density at radius 3 is 2.71 bits per heavy atom. The SMILES string of the molecule is COc1cccc2c1-c1ccc(CCC(N)=O)cc1C(c1cccc(Cl)c1)O2. The number of amides is 1. The number of aryl methyl sites for hydroxylation is 1. The summed E-state index contributed by atoms with van der Waals surface area (Å²) >= 11 is 6.23. The van der Waals surface area contributed by atoms with Gasteiger partial charge in [0, 0.05) is 17.0 Å². The quantitative estimate of drug-likeness (QED) is 0.669. The Morgan fingerprint density at radius 1 is 1.14 bits per heavy atom. The van der Waals surface area contributed by atoms with Crippen molar-refractivity contribution in [1.29, 1.82) is 0 Å². The Balaban J connectivity index is 1.87. The summed E-state index contributed by atoms with van der Waals surface area (Å²) in [6.45, 7) is 0. The highest BCUT2D eigenvalue weighted by Crippen LogP contribution is 2.49. The highest BCUT2D eigenvalue weighted by Gasteiger charge is 2.30. The fourth-order valence-electron chi connectivity index (χ4n) is 3.63. The van der Waals surface area contributed by atoms with Gasteiger partial charge in [-0.2, -0.15) is 0 Å². The first-order chi connectivity index (χ1) is 13.6. The second kappa shape index (κ2) is 7.56. The van der Waals surface area contributed by atoms with Crippen LogP contribution in [0.3, 0.4) is 0 Å². The number of fused-ring (bicyclic) bond motifs is 3. The lowest BCUT2D eigenvalue weighted by Gasteiger charge is -2.30. The molecule has 0 aromatic heterocycles. The number of carbonyl (C=O) groups is 1. The van der Waals surface area contributed by atoms with Gasteiger partial charge in [0.05, 0.1) is 12.7 Å².